The number of esters is 1. The van der Waals surface area contributed by atoms with Crippen molar-refractivity contribution in [2.45, 2.75) is 63.7 Å². The van der Waals surface area contributed by atoms with E-state index < -0.39 is 11.4 Å². The molecule has 0 radical (unpaired) electrons. The highest BCUT2D eigenvalue weighted by molar-refractivity contribution is 5.89. The largest absolute Gasteiger partial charge is 0.481 e. The standard InChI is InChI=1S/C21H28O4/c1-25-19(22)17-9-7-16(8-10-17)18-11-12-21(14-18,20(23)24)13-15-5-3-2-4-6-15/h7-10,15,18H,2-6,11-14H2,1H3,(H,23,24)/t18?,21-/m1/s1. The summed E-state index contributed by atoms with van der Waals surface area (Å²) in [7, 11) is 1.37. The van der Waals surface area contributed by atoms with E-state index in [-0.39, 0.29) is 11.9 Å². The maximum absolute atomic E-state index is 12.1. The van der Waals surface area contributed by atoms with Crippen LogP contribution >= 0.6 is 0 Å². The van der Waals surface area contributed by atoms with E-state index in [1.165, 1.54) is 39.2 Å². The molecule has 1 N–H and O–H groups in total. The molecule has 0 amide bonds. The van der Waals surface area contributed by atoms with Crippen LogP contribution in [0, 0.1) is 11.3 Å². The maximum Gasteiger partial charge on any atom is 0.337 e. The zero-order valence-corrected chi connectivity index (χ0v) is 15.0. The summed E-state index contributed by atoms with van der Waals surface area (Å²) in [5.41, 5.74) is 1.11. The second-order valence-electron chi connectivity index (χ2n) is 7.85. The first-order chi connectivity index (χ1) is 12.0. The molecule has 1 aromatic rings. The van der Waals surface area contributed by atoms with Gasteiger partial charge in [-0.2, -0.15) is 0 Å². The molecule has 1 unspecified atom stereocenters. The Kier molecular flexibility index (Phi) is 5.45. The van der Waals surface area contributed by atoms with Crippen molar-refractivity contribution in [3.05, 3.63) is 35.4 Å². The van der Waals surface area contributed by atoms with E-state index >= 15 is 0 Å². The fourth-order valence-corrected chi connectivity index (χ4v) is 4.83. The first kappa shape index (κ1) is 18.0. The van der Waals surface area contributed by atoms with Crippen LogP contribution in [0.3, 0.4) is 0 Å². The van der Waals surface area contributed by atoms with Gasteiger partial charge in [-0.05, 0) is 55.2 Å². The van der Waals surface area contributed by atoms with Gasteiger partial charge < -0.3 is 9.84 Å². The van der Waals surface area contributed by atoms with Gasteiger partial charge in [-0.25, -0.2) is 4.79 Å². The molecule has 2 fully saturated rings. The molecule has 25 heavy (non-hydrogen) atoms. The number of carboxylic acid groups (broad SMARTS) is 1. The predicted octanol–water partition coefficient (Wildman–Crippen LogP) is 4.78. The lowest BCUT2D eigenvalue weighted by molar-refractivity contribution is -0.150. The average Bonchev–Trinajstić information content (AvgIpc) is 3.07. The van der Waals surface area contributed by atoms with Crippen LogP contribution in [0.1, 0.15) is 79.6 Å². The van der Waals surface area contributed by atoms with E-state index in [4.69, 9.17) is 4.74 Å². The molecule has 0 saturated heterocycles. The Labute approximate surface area is 149 Å². The number of methoxy groups -OCH3 is 1. The molecule has 0 aliphatic heterocycles. The van der Waals surface area contributed by atoms with Crippen molar-refractivity contribution in [2.75, 3.05) is 7.11 Å². The number of aliphatic carboxylic acids is 1. The van der Waals surface area contributed by atoms with E-state index in [0.717, 1.165) is 31.2 Å². The lowest BCUT2D eigenvalue weighted by atomic mass is 9.72. The minimum absolute atomic E-state index is 0.270. The maximum atomic E-state index is 12.1. The molecule has 2 aliphatic rings. The molecule has 4 heteroatoms. The number of rotatable bonds is 5. The Morgan fingerprint density at radius 3 is 2.40 bits per heavy atom. The molecule has 0 heterocycles. The van der Waals surface area contributed by atoms with Gasteiger partial charge in [-0.1, -0.05) is 44.2 Å². The van der Waals surface area contributed by atoms with Crippen molar-refractivity contribution >= 4 is 11.9 Å². The number of hydrogen-bond acceptors (Lipinski definition) is 3. The predicted molar refractivity (Wildman–Crippen MR) is 95.6 cm³/mol. The monoisotopic (exact) mass is 344 g/mol. The van der Waals surface area contributed by atoms with Gasteiger partial charge in [0.05, 0.1) is 18.1 Å². The first-order valence-electron chi connectivity index (χ1n) is 9.46. The Bertz CT molecular complexity index is 615. The third kappa shape index (κ3) is 3.88. The van der Waals surface area contributed by atoms with Crippen LogP contribution in [0.4, 0.5) is 0 Å². The second kappa shape index (κ2) is 7.59. The third-order valence-electron chi connectivity index (χ3n) is 6.27. The van der Waals surface area contributed by atoms with Crippen LogP contribution in [0.2, 0.25) is 0 Å². The lowest BCUT2D eigenvalue weighted by Crippen LogP contribution is -2.31. The molecule has 2 atom stereocenters. The fourth-order valence-electron chi connectivity index (χ4n) is 4.83. The van der Waals surface area contributed by atoms with Gasteiger partial charge in [-0.15, -0.1) is 0 Å². The summed E-state index contributed by atoms with van der Waals surface area (Å²) >= 11 is 0. The SMILES string of the molecule is COC(=O)c1ccc(C2CC[C@](CC3CCCCC3)(C(=O)O)C2)cc1. The number of carbonyl (C=O) groups is 2. The Balaban J connectivity index is 1.71. The van der Waals surface area contributed by atoms with Gasteiger partial charge in [0.25, 0.3) is 0 Å². The van der Waals surface area contributed by atoms with Gasteiger partial charge in [0.1, 0.15) is 0 Å². The van der Waals surface area contributed by atoms with Gasteiger partial charge >= 0.3 is 11.9 Å². The topological polar surface area (TPSA) is 63.6 Å². The van der Waals surface area contributed by atoms with Crippen LogP contribution in [0.5, 0.6) is 0 Å². The molecule has 0 bridgehead atoms. The molecule has 136 valence electrons. The van der Waals surface area contributed by atoms with Crippen LogP contribution < -0.4 is 0 Å². The number of carbonyl (C=O) groups excluding carboxylic acids is 1. The van der Waals surface area contributed by atoms with Crippen molar-refractivity contribution in [3.63, 3.8) is 0 Å². The summed E-state index contributed by atoms with van der Waals surface area (Å²) in [6.45, 7) is 0. The Hall–Kier alpha value is -1.84. The minimum Gasteiger partial charge on any atom is -0.481 e. The van der Waals surface area contributed by atoms with Crippen molar-refractivity contribution in [1.82, 2.24) is 0 Å². The zero-order valence-electron chi connectivity index (χ0n) is 15.0. The first-order valence-corrected chi connectivity index (χ1v) is 9.46. The molecule has 3 rings (SSSR count). The fraction of sp³-hybridized carbons (Fsp3) is 0.619. The molecule has 2 aliphatic carbocycles. The summed E-state index contributed by atoms with van der Waals surface area (Å²) in [6, 6.07) is 7.47. The van der Waals surface area contributed by atoms with E-state index in [2.05, 4.69) is 0 Å². The molecular weight excluding hydrogens is 316 g/mol. The van der Waals surface area contributed by atoms with Crippen LogP contribution in [-0.4, -0.2) is 24.2 Å². The highest BCUT2D eigenvalue weighted by Gasteiger charge is 2.46. The number of hydrogen-bond donors (Lipinski definition) is 1. The third-order valence-corrected chi connectivity index (χ3v) is 6.27. The highest BCUT2D eigenvalue weighted by Crippen LogP contribution is 2.51. The lowest BCUT2D eigenvalue weighted by Gasteiger charge is -2.31. The van der Waals surface area contributed by atoms with Crippen molar-refractivity contribution in [1.29, 1.82) is 0 Å². The van der Waals surface area contributed by atoms with Crippen molar-refractivity contribution in [2.24, 2.45) is 11.3 Å². The van der Waals surface area contributed by atoms with Gasteiger partial charge in [0.15, 0.2) is 0 Å². The zero-order chi connectivity index (χ0) is 17.9. The van der Waals surface area contributed by atoms with Gasteiger partial charge in [-0.3, -0.25) is 4.79 Å². The van der Waals surface area contributed by atoms with E-state index in [0.29, 0.717) is 11.5 Å². The van der Waals surface area contributed by atoms with Crippen molar-refractivity contribution < 1.29 is 19.4 Å². The average molecular weight is 344 g/mol. The highest BCUT2D eigenvalue weighted by atomic mass is 16.5. The Morgan fingerprint density at radius 1 is 1.12 bits per heavy atom. The van der Waals surface area contributed by atoms with Gasteiger partial charge in [0.2, 0.25) is 0 Å². The van der Waals surface area contributed by atoms with Gasteiger partial charge in [0, 0.05) is 0 Å². The Morgan fingerprint density at radius 2 is 1.80 bits per heavy atom. The number of ether oxygens (including phenoxy) is 1. The minimum atomic E-state index is -0.619. The van der Waals surface area contributed by atoms with Crippen LogP contribution in [0.15, 0.2) is 24.3 Å². The number of carboxylic acids is 1. The molecule has 0 aromatic heterocycles. The number of benzene rings is 1. The second-order valence-corrected chi connectivity index (χ2v) is 7.85. The van der Waals surface area contributed by atoms with Crippen LogP contribution in [-0.2, 0) is 9.53 Å². The molecule has 0 spiro atoms. The molecular formula is C21H28O4. The smallest absolute Gasteiger partial charge is 0.337 e. The quantitative estimate of drug-likeness (QED) is 0.781. The molecule has 1 aromatic carbocycles. The summed E-state index contributed by atoms with van der Waals surface area (Å²) in [6.07, 6.45) is 9.40. The van der Waals surface area contributed by atoms with Crippen molar-refractivity contribution in [3.8, 4) is 0 Å². The molecule has 4 nitrogen and oxygen atoms in total. The van der Waals surface area contributed by atoms with Crippen LogP contribution in [0.25, 0.3) is 0 Å². The summed E-state index contributed by atoms with van der Waals surface area (Å²) in [5.74, 6) is -0.112. The summed E-state index contributed by atoms with van der Waals surface area (Å²) in [4.78, 5) is 23.7. The molecule has 2 saturated carbocycles. The van der Waals surface area contributed by atoms with E-state index in [9.17, 15) is 14.7 Å². The summed E-state index contributed by atoms with van der Waals surface area (Å²) < 4.78 is 4.73. The summed E-state index contributed by atoms with van der Waals surface area (Å²) in [5, 5.41) is 9.95. The van der Waals surface area contributed by atoms with E-state index in [1.807, 2.05) is 12.1 Å². The normalized spacial score (nSPS) is 27.2. The van der Waals surface area contributed by atoms with E-state index in [1.54, 1.807) is 12.1 Å².